The number of Topliss-reactive ketones (excluding diaryl/α,β-unsaturated/α-hetero) is 1. The second-order valence-electron chi connectivity index (χ2n) is 7.17. The van der Waals surface area contributed by atoms with E-state index in [0.717, 1.165) is 35.8 Å². The number of ketones is 1. The molecule has 7 heteroatoms. The molecule has 6 nitrogen and oxygen atoms in total. The van der Waals surface area contributed by atoms with Crippen LogP contribution >= 0.6 is 11.3 Å². The Morgan fingerprint density at radius 3 is 2.76 bits per heavy atom. The first-order chi connectivity index (χ1) is 14.1. The minimum absolute atomic E-state index is 0.0190. The van der Waals surface area contributed by atoms with Gasteiger partial charge in [-0.05, 0) is 55.5 Å². The van der Waals surface area contributed by atoms with Gasteiger partial charge in [-0.1, -0.05) is 18.2 Å². The second-order valence-corrected chi connectivity index (χ2v) is 8.11. The Morgan fingerprint density at radius 1 is 1.14 bits per heavy atom. The summed E-state index contributed by atoms with van der Waals surface area (Å²) in [6, 6.07) is 15.0. The first-order valence-corrected chi connectivity index (χ1v) is 10.5. The number of nitrogens with one attached hydrogen (secondary N) is 1. The predicted octanol–water partition coefficient (Wildman–Crippen LogP) is 4.26. The lowest BCUT2D eigenvalue weighted by Gasteiger charge is -2.32. The van der Waals surface area contributed by atoms with E-state index in [2.05, 4.69) is 20.4 Å². The van der Waals surface area contributed by atoms with Gasteiger partial charge in [-0.25, -0.2) is 0 Å². The Labute approximate surface area is 173 Å². The molecule has 0 radical (unpaired) electrons. The fourth-order valence-corrected chi connectivity index (χ4v) is 4.20. The highest BCUT2D eigenvalue weighted by atomic mass is 32.1. The van der Waals surface area contributed by atoms with Gasteiger partial charge in [-0.3, -0.25) is 9.59 Å². The van der Waals surface area contributed by atoms with E-state index < -0.39 is 0 Å². The number of rotatable bonds is 5. The number of piperidine rings is 1. The van der Waals surface area contributed by atoms with Gasteiger partial charge in [-0.2, -0.15) is 0 Å². The number of thiophene rings is 1. The van der Waals surface area contributed by atoms with Gasteiger partial charge in [0.15, 0.2) is 11.6 Å². The van der Waals surface area contributed by atoms with Gasteiger partial charge in [0, 0.05) is 24.3 Å². The van der Waals surface area contributed by atoms with E-state index in [1.807, 2.05) is 29.6 Å². The minimum Gasteiger partial charge on any atom is -0.354 e. The van der Waals surface area contributed by atoms with Crippen LogP contribution in [0, 0.1) is 5.92 Å². The van der Waals surface area contributed by atoms with Crippen molar-refractivity contribution in [3.05, 3.63) is 59.5 Å². The molecular formula is C22H22N4O2S. The van der Waals surface area contributed by atoms with E-state index in [1.165, 1.54) is 6.92 Å². The topological polar surface area (TPSA) is 75.2 Å². The van der Waals surface area contributed by atoms with Crippen LogP contribution in [0.25, 0.3) is 10.6 Å². The molecular weight excluding hydrogens is 384 g/mol. The zero-order chi connectivity index (χ0) is 20.2. The number of amides is 1. The third kappa shape index (κ3) is 4.51. The number of hydrogen-bond donors (Lipinski definition) is 1. The summed E-state index contributed by atoms with van der Waals surface area (Å²) in [7, 11) is 0. The molecule has 1 unspecified atom stereocenters. The number of carbonyl (C=O) groups excluding carboxylic acids is 2. The number of anilines is 2. The molecule has 0 saturated carbocycles. The molecule has 3 heterocycles. The Balaban J connectivity index is 1.42. The third-order valence-corrected chi connectivity index (χ3v) is 5.97. The quantitative estimate of drug-likeness (QED) is 0.641. The van der Waals surface area contributed by atoms with Crippen LogP contribution in [-0.2, 0) is 4.79 Å². The summed E-state index contributed by atoms with van der Waals surface area (Å²) < 4.78 is 0. The Kier molecular flexibility index (Phi) is 5.67. The second kappa shape index (κ2) is 8.53. The first kappa shape index (κ1) is 19.3. The van der Waals surface area contributed by atoms with E-state index in [-0.39, 0.29) is 17.6 Å². The molecule has 1 aliphatic heterocycles. The zero-order valence-electron chi connectivity index (χ0n) is 16.2. The van der Waals surface area contributed by atoms with E-state index in [1.54, 1.807) is 35.6 Å². The molecule has 148 valence electrons. The van der Waals surface area contributed by atoms with Crippen LogP contribution in [0.1, 0.15) is 30.1 Å². The fraction of sp³-hybridized carbons (Fsp3) is 0.273. The van der Waals surface area contributed by atoms with Crippen LogP contribution in [-0.4, -0.2) is 35.0 Å². The molecule has 4 rings (SSSR count). The summed E-state index contributed by atoms with van der Waals surface area (Å²) in [6.45, 7) is 2.98. The van der Waals surface area contributed by atoms with E-state index in [9.17, 15) is 9.59 Å². The summed E-state index contributed by atoms with van der Waals surface area (Å²) >= 11 is 1.64. The third-order valence-electron chi connectivity index (χ3n) is 5.08. The van der Waals surface area contributed by atoms with Gasteiger partial charge in [-0.15, -0.1) is 21.5 Å². The molecule has 1 amide bonds. The van der Waals surface area contributed by atoms with Crippen LogP contribution in [0.5, 0.6) is 0 Å². The molecule has 2 aromatic heterocycles. The Hall–Kier alpha value is -3.06. The van der Waals surface area contributed by atoms with E-state index in [4.69, 9.17) is 0 Å². The van der Waals surface area contributed by atoms with Crippen molar-refractivity contribution >= 4 is 34.5 Å². The van der Waals surface area contributed by atoms with Gasteiger partial charge in [0.1, 0.15) is 5.69 Å². The number of carbonyl (C=O) groups is 2. The van der Waals surface area contributed by atoms with Gasteiger partial charge < -0.3 is 10.2 Å². The number of hydrogen-bond acceptors (Lipinski definition) is 6. The normalized spacial score (nSPS) is 16.4. The van der Waals surface area contributed by atoms with Crippen molar-refractivity contribution < 1.29 is 9.59 Å². The molecule has 1 aromatic carbocycles. The fourth-order valence-electron chi connectivity index (χ4n) is 3.51. The first-order valence-electron chi connectivity index (χ1n) is 9.64. The van der Waals surface area contributed by atoms with Crippen molar-refractivity contribution in [2.24, 2.45) is 5.92 Å². The summed E-state index contributed by atoms with van der Waals surface area (Å²) in [4.78, 5) is 27.5. The highest BCUT2D eigenvalue weighted by Crippen LogP contribution is 2.26. The smallest absolute Gasteiger partial charge is 0.229 e. The summed E-state index contributed by atoms with van der Waals surface area (Å²) in [6.07, 6.45) is 1.75. The minimum atomic E-state index is -0.136. The predicted molar refractivity (Wildman–Crippen MR) is 115 cm³/mol. The summed E-state index contributed by atoms with van der Waals surface area (Å²) in [5.74, 6) is 0.609. The maximum Gasteiger partial charge on any atom is 0.229 e. The lowest BCUT2D eigenvalue weighted by atomic mass is 9.97. The molecule has 1 N–H and O–H groups in total. The standard InChI is InChI=1S/C22H22N4O2S/c1-15(27)16-5-2-7-18(13-16)23-22(28)17-6-3-11-26(14-17)21-10-9-19(24-25-21)20-8-4-12-29-20/h2,4-5,7-10,12-13,17H,3,6,11,14H2,1H3,(H,23,28). The molecule has 3 aromatic rings. The molecule has 1 fully saturated rings. The maximum atomic E-state index is 12.8. The number of aromatic nitrogens is 2. The summed E-state index contributed by atoms with van der Waals surface area (Å²) in [5, 5.41) is 13.7. The van der Waals surface area contributed by atoms with Gasteiger partial charge in [0.25, 0.3) is 0 Å². The molecule has 0 bridgehead atoms. The SMILES string of the molecule is CC(=O)c1cccc(NC(=O)C2CCCN(c3ccc(-c4cccs4)nn3)C2)c1. The largest absolute Gasteiger partial charge is 0.354 e. The van der Waals surface area contributed by atoms with Crippen LogP contribution < -0.4 is 10.2 Å². The average Bonchev–Trinajstić information content (AvgIpc) is 3.29. The van der Waals surface area contributed by atoms with E-state index in [0.29, 0.717) is 17.8 Å². The van der Waals surface area contributed by atoms with Crippen molar-refractivity contribution in [2.45, 2.75) is 19.8 Å². The van der Waals surface area contributed by atoms with Crippen molar-refractivity contribution in [1.29, 1.82) is 0 Å². The highest BCUT2D eigenvalue weighted by Gasteiger charge is 2.27. The van der Waals surface area contributed by atoms with Crippen LogP contribution in [0.3, 0.4) is 0 Å². The molecule has 1 saturated heterocycles. The Morgan fingerprint density at radius 2 is 2.03 bits per heavy atom. The van der Waals surface area contributed by atoms with Crippen LogP contribution in [0.4, 0.5) is 11.5 Å². The lowest BCUT2D eigenvalue weighted by molar-refractivity contribution is -0.120. The van der Waals surface area contributed by atoms with Crippen LogP contribution in [0.2, 0.25) is 0 Å². The molecule has 29 heavy (non-hydrogen) atoms. The highest BCUT2D eigenvalue weighted by molar-refractivity contribution is 7.13. The average molecular weight is 407 g/mol. The van der Waals surface area contributed by atoms with Crippen molar-refractivity contribution in [3.8, 4) is 10.6 Å². The van der Waals surface area contributed by atoms with Gasteiger partial charge in [0.2, 0.25) is 5.91 Å². The monoisotopic (exact) mass is 406 g/mol. The number of nitrogens with zero attached hydrogens (tertiary/aromatic N) is 3. The van der Waals surface area contributed by atoms with Crippen molar-refractivity contribution in [1.82, 2.24) is 10.2 Å². The maximum absolute atomic E-state index is 12.8. The van der Waals surface area contributed by atoms with Gasteiger partial charge in [0.05, 0.1) is 10.8 Å². The van der Waals surface area contributed by atoms with Crippen molar-refractivity contribution in [2.75, 3.05) is 23.3 Å². The van der Waals surface area contributed by atoms with Crippen molar-refractivity contribution in [3.63, 3.8) is 0 Å². The molecule has 1 atom stereocenters. The molecule has 1 aliphatic rings. The molecule has 0 spiro atoms. The van der Waals surface area contributed by atoms with Crippen LogP contribution in [0.15, 0.2) is 53.9 Å². The zero-order valence-corrected chi connectivity index (χ0v) is 17.0. The number of benzene rings is 1. The van der Waals surface area contributed by atoms with E-state index >= 15 is 0 Å². The summed E-state index contributed by atoms with van der Waals surface area (Å²) in [5.41, 5.74) is 2.11. The molecule has 0 aliphatic carbocycles. The lowest BCUT2D eigenvalue weighted by Crippen LogP contribution is -2.41. The van der Waals surface area contributed by atoms with Gasteiger partial charge >= 0.3 is 0 Å². The Bertz CT molecular complexity index is 1000.